The highest BCUT2D eigenvalue weighted by atomic mass is 35.5. The van der Waals surface area contributed by atoms with Crippen molar-refractivity contribution in [2.45, 2.75) is 6.04 Å². The maximum absolute atomic E-state index is 14.2. The summed E-state index contributed by atoms with van der Waals surface area (Å²) in [7, 11) is 0. The molecule has 8 rings (SSSR count). The lowest BCUT2D eigenvalue weighted by Gasteiger charge is -2.28. The van der Waals surface area contributed by atoms with E-state index in [1.165, 1.54) is 0 Å². The molecule has 1 atom stereocenters. The maximum Gasteiger partial charge on any atom is 0.273 e. The van der Waals surface area contributed by atoms with Crippen molar-refractivity contribution >= 4 is 45.8 Å². The smallest absolute Gasteiger partial charge is 0.273 e. The third-order valence-electron chi connectivity index (χ3n) is 7.71. The van der Waals surface area contributed by atoms with E-state index in [4.69, 9.17) is 28.2 Å². The Kier molecular flexibility index (Phi) is 5.92. The number of pyridine rings is 1. The number of H-pyrrole nitrogens is 1. The monoisotopic (exact) mass is 601 g/mol. The lowest BCUT2D eigenvalue weighted by Crippen LogP contribution is -2.20. The van der Waals surface area contributed by atoms with E-state index >= 15 is 0 Å². The summed E-state index contributed by atoms with van der Waals surface area (Å²) < 4.78 is 3.70. The van der Waals surface area contributed by atoms with E-state index in [-0.39, 0.29) is 11.9 Å². The number of hydrogen-bond donors (Lipinski definition) is 2. The van der Waals surface area contributed by atoms with Crippen LogP contribution < -0.4 is 5.32 Å². The van der Waals surface area contributed by atoms with E-state index in [0.717, 1.165) is 44.5 Å². The van der Waals surface area contributed by atoms with Crippen LogP contribution in [0.5, 0.6) is 0 Å². The molecule has 0 spiro atoms. The molecule has 3 aromatic carbocycles. The number of benzene rings is 3. The summed E-state index contributed by atoms with van der Waals surface area (Å²) in [5, 5.41) is 9.54. The summed E-state index contributed by atoms with van der Waals surface area (Å²) in [6, 6.07) is 28.6. The second-order valence-corrected chi connectivity index (χ2v) is 11.1. The van der Waals surface area contributed by atoms with Crippen LogP contribution in [0, 0.1) is 0 Å². The molecule has 0 aliphatic carbocycles. The third kappa shape index (κ3) is 4.14. The Labute approximate surface area is 255 Å². The molecule has 0 saturated heterocycles. The van der Waals surface area contributed by atoms with E-state index in [1.807, 2.05) is 91.3 Å². The molecule has 1 unspecified atom stereocenters. The predicted octanol–water partition coefficient (Wildman–Crippen LogP) is 7.79. The fourth-order valence-corrected chi connectivity index (χ4v) is 6.29. The molecule has 4 aromatic heterocycles. The Balaban J connectivity index is 1.36. The van der Waals surface area contributed by atoms with E-state index < -0.39 is 0 Å². The number of amides is 1. The zero-order chi connectivity index (χ0) is 29.1. The minimum absolute atomic E-state index is 0.247. The van der Waals surface area contributed by atoms with Gasteiger partial charge in [0.15, 0.2) is 5.82 Å². The van der Waals surface area contributed by atoms with Crippen molar-refractivity contribution in [2.24, 2.45) is 0 Å². The van der Waals surface area contributed by atoms with Crippen molar-refractivity contribution in [3.63, 3.8) is 0 Å². The first-order chi connectivity index (χ1) is 21.1. The number of hydrogen-bond acceptors (Lipinski definition) is 4. The summed E-state index contributed by atoms with van der Waals surface area (Å²) in [4.78, 5) is 26.8. The molecule has 0 bridgehead atoms. The molecule has 2 N–H and O–H groups in total. The molecule has 7 aromatic rings. The normalized spacial score (nSPS) is 13.7. The highest BCUT2D eigenvalue weighted by Gasteiger charge is 2.36. The van der Waals surface area contributed by atoms with Crippen LogP contribution in [0.3, 0.4) is 0 Å². The zero-order valence-electron chi connectivity index (χ0n) is 22.4. The summed E-state index contributed by atoms with van der Waals surface area (Å²) >= 11 is 13.0. The Morgan fingerprint density at radius 1 is 0.860 bits per heavy atom. The van der Waals surface area contributed by atoms with Crippen LogP contribution in [0.15, 0.2) is 110 Å². The summed E-state index contributed by atoms with van der Waals surface area (Å²) in [6.07, 6.45) is 5.13. The number of carbonyl (C=O) groups excluding carboxylic acids is 1. The van der Waals surface area contributed by atoms with E-state index in [9.17, 15) is 4.79 Å². The van der Waals surface area contributed by atoms with Gasteiger partial charge in [-0.2, -0.15) is 9.78 Å². The van der Waals surface area contributed by atoms with Crippen LogP contribution in [0.25, 0.3) is 39.2 Å². The summed E-state index contributed by atoms with van der Waals surface area (Å²) in [5.41, 5.74) is 6.42. The van der Waals surface area contributed by atoms with Crippen molar-refractivity contribution in [1.82, 2.24) is 29.3 Å². The minimum atomic E-state index is -0.331. The first-order valence-corrected chi connectivity index (χ1v) is 14.3. The predicted molar refractivity (Wildman–Crippen MR) is 168 cm³/mol. The highest BCUT2D eigenvalue weighted by Crippen LogP contribution is 2.49. The van der Waals surface area contributed by atoms with Crippen LogP contribution in [0.2, 0.25) is 10.0 Å². The highest BCUT2D eigenvalue weighted by molar-refractivity contribution is 6.32. The molecule has 8 nitrogen and oxygen atoms in total. The van der Waals surface area contributed by atoms with Crippen LogP contribution in [-0.4, -0.2) is 35.2 Å². The van der Waals surface area contributed by atoms with Gasteiger partial charge < -0.3 is 14.9 Å². The van der Waals surface area contributed by atoms with Crippen molar-refractivity contribution in [2.75, 3.05) is 5.32 Å². The number of carbonyl (C=O) groups is 1. The number of imidazole rings is 1. The zero-order valence-corrected chi connectivity index (χ0v) is 23.9. The van der Waals surface area contributed by atoms with Gasteiger partial charge in [0.25, 0.3) is 5.91 Å². The van der Waals surface area contributed by atoms with Gasteiger partial charge in [-0.05, 0) is 47.5 Å². The number of rotatable bonds is 5. The molecule has 10 heteroatoms. The first kappa shape index (κ1) is 25.5. The van der Waals surface area contributed by atoms with Gasteiger partial charge in [0.05, 0.1) is 30.0 Å². The molecule has 0 radical (unpaired) electrons. The largest absolute Gasteiger partial charge is 0.350 e. The quantitative estimate of drug-likeness (QED) is 0.210. The van der Waals surface area contributed by atoms with Gasteiger partial charge in [-0.25, -0.2) is 9.97 Å². The lowest BCUT2D eigenvalue weighted by molar-refractivity contribution is 0.102. The van der Waals surface area contributed by atoms with Gasteiger partial charge in [0.2, 0.25) is 0 Å². The Morgan fingerprint density at radius 2 is 1.67 bits per heavy atom. The Bertz CT molecular complexity index is 2150. The second-order valence-electron chi connectivity index (χ2n) is 10.2. The maximum atomic E-state index is 14.2. The Morgan fingerprint density at radius 3 is 2.47 bits per heavy atom. The fourth-order valence-electron chi connectivity index (χ4n) is 5.94. The van der Waals surface area contributed by atoms with Crippen molar-refractivity contribution in [3.05, 3.63) is 137 Å². The lowest BCUT2D eigenvalue weighted by atomic mass is 9.88. The van der Waals surface area contributed by atoms with Gasteiger partial charge in [0, 0.05) is 44.3 Å². The van der Waals surface area contributed by atoms with Gasteiger partial charge in [-0.3, -0.25) is 4.79 Å². The van der Waals surface area contributed by atoms with E-state index in [1.54, 1.807) is 23.1 Å². The van der Waals surface area contributed by atoms with Crippen molar-refractivity contribution in [1.29, 1.82) is 0 Å². The van der Waals surface area contributed by atoms with Crippen LogP contribution in [0.1, 0.15) is 27.7 Å². The molecule has 1 amide bonds. The van der Waals surface area contributed by atoms with Gasteiger partial charge in [0.1, 0.15) is 11.5 Å². The molecule has 0 saturated carbocycles. The number of aromatic amines is 1. The number of fused-ring (bicyclic) bond motifs is 2. The second kappa shape index (κ2) is 9.97. The summed E-state index contributed by atoms with van der Waals surface area (Å²) in [5.74, 6) is 0.743. The fraction of sp³-hybridized carbons (Fsp3) is 0.0303. The number of nitrogens with one attached hydrogen (secondary N) is 2. The number of aromatic nitrogens is 6. The topological polar surface area (TPSA) is 93.4 Å². The Hall–Kier alpha value is -5.18. The van der Waals surface area contributed by atoms with Crippen LogP contribution >= 0.6 is 23.2 Å². The number of anilines is 1. The third-order valence-corrected chi connectivity index (χ3v) is 8.18. The van der Waals surface area contributed by atoms with Crippen molar-refractivity contribution < 1.29 is 4.79 Å². The molecule has 5 heterocycles. The van der Waals surface area contributed by atoms with Gasteiger partial charge >= 0.3 is 0 Å². The molecule has 1 aliphatic heterocycles. The van der Waals surface area contributed by atoms with E-state index in [2.05, 4.69) is 25.0 Å². The molecule has 0 fully saturated rings. The van der Waals surface area contributed by atoms with Crippen LogP contribution in [0.4, 0.5) is 5.82 Å². The molecular weight excluding hydrogens is 581 g/mol. The molecule has 1 aliphatic rings. The number of halogens is 2. The summed E-state index contributed by atoms with van der Waals surface area (Å²) in [6.45, 7) is 0. The molecular formula is C33H21Cl2N7O. The van der Waals surface area contributed by atoms with Crippen LogP contribution in [-0.2, 0) is 0 Å². The molecule has 43 heavy (non-hydrogen) atoms. The first-order valence-electron chi connectivity index (χ1n) is 13.6. The van der Waals surface area contributed by atoms with Crippen molar-refractivity contribution in [3.8, 4) is 28.3 Å². The standard InChI is InChI=1S/C33H21Cl2N7O/c34-21-11-9-20(10-12-21)31-23-16-22(35)17-24-27(23)28(32-29(37-18-41(31)32)19-6-2-1-3-7-19)30(39-24)33(43)40-26-13-15-38-42(26)25-8-4-5-14-36-25/h1-18,31,39H,(H,40,43). The van der Waals surface area contributed by atoms with Gasteiger partial charge in [-0.1, -0.05) is 71.7 Å². The number of nitrogens with zero attached hydrogens (tertiary/aromatic N) is 5. The SMILES string of the molecule is O=C(Nc1ccnn1-c1ccccn1)c1[nH]c2cc(Cl)cc3c2c1-c1c(-c2ccccc2)ncn1C3c1ccc(Cl)cc1. The van der Waals surface area contributed by atoms with E-state index in [0.29, 0.717) is 27.4 Å². The van der Waals surface area contributed by atoms with Gasteiger partial charge in [-0.15, -0.1) is 0 Å². The molecule has 208 valence electrons. The average molecular weight is 602 g/mol. The average Bonchev–Trinajstić information content (AvgIpc) is 3.76. The minimum Gasteiger partial charge on any atom is -0.350 e.